The summed E-state index contributed by atoms with van der Waals surface area (Å²) in [6.07, 6.45) is 7.40. The molecule has 0 saturated carbocycles. The van der Waals surface area contributed by atoms with Gasteiger partial charge >= 0.3 is 0 Å². The normalized spacial score (nSPS) is 12.1. The molecule has 0 amide bonds. The Kier molecular flexibility index (Phi) is 3.07. The molecule has 6 heterocycles. The summed E-state index contributed by atoms with van der Waals surface area (Å²) in [6.45, 7) is 0. The quantitative estimate of drug-likeness (QED) is 0.413. The smallest absolute Gasteiger partial charge is 0.116 e. The van der Waals surface area contributed by atoms with E-state index in [1.165, 1.54) is 0 Å². The molecule has 0 fully saturated rings. The zero-order chi connectivity index (χ0) is 18.5. The van der Waals surface area contributed by atoms with Crippen molar-refractivity contribution in [2.75, 3.05) is 0 Å². The zero-order valence-corrected chi connectivity index (χ0v) is 14.7. The molecule has 8 bridgehead atoms. The third-order valence-corrected chi connectivity index (χ3v) is 4.81. The molecule has 0 saturated heterocycles. The molecule has 28 heavy (non-hydrogen) atoms. The Bertz CT molecular complexity index is 1320. The first-order valence-electron chi connectivity index (χ1n) is 8.97. The van der Waals surface area contributed by atoms with Crippen LogP contribution in [0.5, 0.6) is 0 Å². The summed E-state index contributed by atoms with van der Waals surface area (Å²) < 4.78 is 0. The van der Waals surface area contributed by atoms with E-state index < -0.39 is 0 Å². The zero-order valence-electron chi connectivity index (χ0n) is 14.7. The van der Waals surface area contributed by atoms with E-state index in [2.05, 4.69) is 24.9 Å². The molecular formula is C22H14N6. The molecule has 132 valence electrons. The second-order valence-corrected chi connectivity index (χ2v) is 6.78. The highest BCUT2D eigenvalue weighted by Gasteiger charge is 2.17. The molecule has 4 aromatic heterocycles. The van der Waals surface area contributed by atoms with Crippen LogP contribution in [0.2, 0.25) is 0 Å². The van der Waals surface area contributed by atoms with Crippen molar-refractivity contribution >= 4 is 34.2 Å². The van der Waals surface area contributed by atoms with Crippen LogP contribution in [-0.2, 0) is 0 Å². The van der Waals surface area contributed by atoms with Gasteiger partial charge in [-0.05, 0) is 60.7 Å². The number of rotatable bonds is 0. The molecule has 2 N–H and O–H groups in total. The van der Waals surface area contributed by atoms with E-state index >= 15 is 0 Å². The molecule has 0 atom stereocenters. The lowest BCUT2D eigenvalue weighted by Gasteiger charge is -1.95. The number of nitrogens with one attached hydrogen (secondary N) is 2. The Morgan fingerprint density at radius 1 is 0.643 bits per heavy atom. The van der Waals surface area contributed by atoms with Crippen LogP contribution in [0.4, 0.5) is 0 Å². The van der Waals surface area contributed by atoms with Gasteiger partial charge in [-0.1, -0.05) is 0 Å². The summed E-state index contributed by atoms with van der Waals surface area (Å²) in [5.41, 5.74) is 9.16. The van der Waals surface area contributed by atoms with Gasteiger partial charge in [0.2, 0.25) is 0 Å². The third kappa shape index (κ3) is 2.51. The van der Waals surface area contributed by atoms with Gasteiger partial charge in [-0.25, -0.2) is 19.9 Å². The molecule has 4 aromatic rings. The molecule has 6 rings (SSSR count). The van der Waals surface area contributed by atoms with E-state index in [0.29, 0.717) is 0 Å². The fourth-order valence-electron chi connectivity index (χ4n) is 3.54. The number of H-pyrrole nitrogens is 2. The Hall–Kier alpha value is -4.06. The van der Waals surface area contributed by atoms with Gasteiger partial charge in [-0.3, -0.25) is 0 Å². The minimum Gasteiger partial charge on any atom is -0.355 e. The fraction of sp³-hybridized carbons (Fsp3) is 0. The Balaban J connectivity index is 1.73. The van der Waals surface area contributed by atoms with Gasteiger partial charge in [-0.15, -0.1) is 0 Å². The minimum atomic E-state index is 0.816. The molecule has 2 aliphatic rings. The molecule has 0 aliphatic carbocycles. The molecule has 0 spiro atoms. The SMILES string of the molecule is C1=Cc2cc3ccc(cc4nc(cc5ccc(cc1n2)[nH]5)-c1cncnc1-4)[nH]3. The lowest BCUT2D eigenvalue weighted by molar-refractivity contribution is 1.18. The summed E-state index contributed by atoms with van der Waals surface area (Å²) in [5.74, 6) is 0. The maximum atomic E-state index is 4.81. The number of hydrogen-bond donors (Lipinski definition) is 2. The van der Waals surface area contributed by atoms with Gasteiger partial charge in [0, 0.05) is 33.8 Å². The predicted molar refractivity (Wildman–Crippen MR) is 110 cm³/mol. The van der Waals surface area contributed by atoms with Gasteiger partial charge in [0.15, 0.2) is 0 Å². The van der Waals surface area contributed by atoms with E-state index in [9.17, 15) is 0 Å². The maximum Gasteiger partial charge on any atom is 0.116 e. The molecular weight excluding hydrogens is 348 g/mol. The van der Waals surface area contributed by atoms with Gasteiger partial charge in [-0.2, -0.15) is 0 Å². The second kappa shape index (κ2) is 5.72. The third-order valence-electron chi connectivity index (χ3n) is 4.81. The number of aromatic amines is 2. The van der Waals surface area contributed by atoms with Crippen LogP contribution >= 0.6 is 0 Å². The van der Waals surface area contributed by atoms with E-state index in [4.69, 9.17) is 4.98 Å². The number of fused-ring (bicyclic) bond motifs is 11. The van der Waals surface area contributed by atoms with Crippen LogP contribution in [0, 0.1) is 0 Å². The van der Waals surface area contributed by atoms with Crippen molar-refractivity contribution in [3.05, 3.63) is 72.4 Å². The molecule has 0 unspecified atom stereocenters. The topological polar surface area (TPSA) is 83.1 Å². The first kappa shape index (κ1) is 15.0. The van der Waals surface area contributed by atoms with Gasteiger partial charge < -0.3 is 9.97 Å². The predicted octanol–water partition coefficient (Wildman–Crippen LogP) is 4.61. The summed E-state index contributed by atoms with van der Waals surface area (Å²) in [4.78, 5) is 24.9. The van der Waals surface area contributed by atoms with Gasteiger partial charge in [0.1, 0.15) is 12.0 Å². The van der Waals surface area contributed by atoms with E-state index in [1.54, 1.807) is 6.33 Å². The van der Waals surface area contributed by atoms with Crippen molar-refractivity contribution in [3.63, 3.8) is 0 Å². The lowest BCUT2D eigenvalue weighted by Crippen LogP contribution is -1.83. The highest BCUT2D eigenvalue weighted by Crippen LogP contribution is 2.33. The second-order valence-electron chi connectivity index (χ2n) is 6.78. The number of aromatic nitrogens is 6. The van der Waals surface area contributed by atoms with Crippen molar-refractivity contribution in [2.45, 2.75) is 0 Å². The molecule has 2 aliphatic heterocycles. The first-order valence-corrected chi connectivity index (χ1v) is 8.97. The Labute approximate surface area is 159 Å². The molecule has 0 aromatic carbocycles. The average Bonchev–Trinajstić information content (AvgIpc) is 3.47. The Morgan fingerprint density at radius 2 is 1.25 bits per heavy atom. The van der Waals surface area contributed by atoms with Crippen molar-refractivity contribution in [3.8, 4) is 22.6 Å². The maximum absolute atomic E-state index is 4.81. The molecule has 6 nitrogen and oxygen atoms in total. The van der Waals surface area contributed by atoms with E-state index in [-0.39, 0.29) is 0 Å². The van der Waals surface area contributed by atoms with Crippen LogP contribution in [0.15, 0.2) is 61.1 Å². The molecule has 6 heteroatoms. The summed E-state index contributed by atoms with van der Waals surface area (Å²) in [5, 5.41) is 0. The van der Waals surface area contributed by atoms with Crippen LogP contribution in [-0.4, -0.2) is 29.9 Å². The van der Waals surface area contributed by atoms with Crippen LogP contribution in [0.1, 0.15) is 11.4 Å². The van der Waals surface area contributed by atoms with Crippen molar-refractivity contribution in [1.29, 1.82) is 0 Å². The van der Waals surface area contributed by atoms with Gasteiger partial charge in [0.05, 0.1) is 22.8 Å². The van der Waals surface area contributed by atoms with Crippen molar-refractivity contribution in [1.82, 2.24) is 29.9 Å². The van der Waals surface area contributed by atoms with Crippen LogP contribution < -0.4 is 0 Å². The highest BCUT2D eigenvalue weighted by molar-refractivity contribution is 5.84. The van der Waals surface area contributed by atoms with E-state index in [1.807, 2.05) is 66.9 Å². The van der Waals surface area contributed by atoms with Crippen LogP contribution in [0.25, 0.3) is 56.9 Å². The lowest BCUT2D eigenvalue weighted by atomic mass is 10.1. The number of nitrogens with zero attached hydrogens (tertiary/aromatic N) is 4. The largest absolute Gasteiger partial charge is 0.355 e. The summed E-state index contributed by atoms with van der Waals surface area (Å²) >= 11 is 0. The first-order chi connectivity index (χ1) is 13.8. The Morgan fingerprint density at radius 3 is 1.93 bits per heavy atom. The van der Waals surface area contributed by atoms with Crippen LogP contribution in [0.3, 0.4) is 0 Å². The van der Waals surface area contributed by atoms with E-state index in [0.717, 1.165) is 56.1 Å². The summed E-state index contributed by atoms with van der Waals surface area (Å²) in [7, 11) is 0. The summed E-state index contributed by atoms with van der Waals surface area (Å²) in [6, 6.07) is 16.2. The van der Waals surface area contributed by atoms with Crippen molar-refractivity contribution in [2.24, 2.45) is 0 Å². The fourth-order valence-corrected chi connectivity index (χ4v) is 3.54. The minimum absolute atomic E-state index is 0.816. The standard InChI is InChI=1S/C22H14N6/c1-2-14-8-16-4-6-18(27-16)10-21-22-19(11-23-12-24-22)20(28-21)9-17-5-3-15(26-17)7-13(1)25-14/h1-12,26-27H. The van der Waals surface area contributed by atoms with Crippen molar-refractivity contribution < 1.29 is 0 Å². The number of hydrogen-bond acceptors (Lipinski definition) is 4. The average molecular weight is 362 g/mol. The monoisotopic (exact) mass is 362 g/mol. The molecule has 0 radical (unpaired) electrons. The highest BCUT2D eigenvalue weighted by atomic mass is 14.9. The van der Waals surface area contributed by atoms with Gasteiger partial charge in [0.25, 0.3) is 0 Å².